The van der Waals surface area contributed by atoms with Crippen molar-refractivity contribution in [3.8, 4) is 11.5 Å². The van der Waals surface area contributed by atoms with Crippen molar-refractivity contribution < 1.29 is 27.1 Å². The molecule has 4 rings (SSSR count). The van der Waals surface area contributed by atoms with Crippen LogP contribution in [0.5, 0.6) is 11.5 Å². The Labute approximate surface area is 219 Å². The van der Waals surface area contributed by atoms with E-state index in [4.69, 9.17) is 8.92 Å². The van der Waals surface area contributed by atoms with Gasteiger partial charge >= 0.3 is 10.1 Å². The molecule has 0 atom stereocenters. The Morgan fingerprint density at radius 3 is 2.59 bits per heavy atom. The number of halogens is 1. The summed E-state index contributed by atoms with van der Waals surface area (Å²) in [4.78, 5) is 26.4. The number of fused-ring (bicyclic) bond motifs is 1. The summed E-state index contributed by atoms with van der Waals surface area (Å²) in [6, 6.07) is 17.8. The quantitative estimate of drug-likeness (QED) is 0.133. The van der Waals surface area contributed by atoms with Crippen molar-refractivity contribution in [2.75, 3.05) is 6.61 Å². The second-order valence-electron chi connectivity index (χ2n) is 7.38. The molecule has 0 bridgehead atoms. The number of non-ortho nitro benzene ring substituents is 1. The van der Waals surface area contributed by atoms with Crippen molar-refractivity contribution in [1.29, 1.82) is 0 Å². The molecule has 0 saturated carbocycles. The van der Waals surface area contributed by atoms with Crippen LogP contribution >= 0.6 is 15.9 Å². The van der Waals surface area contributed by atoms with Crippen molar-refractivity contribution in [2.24, 2.45) is 5.10 Å². The van der Waals surface area contributed by atoms with Crippen molar-refractivity contribution in [1.82, 2.24) is 10.4 Å². The van der Waals surface area contributed by atoms with Crippen LogP contribution in [0.1, 0.15) is 5.56 Å². The van der Waals surface area contributed by atoms with Gasteiger partial charge < -0.3 is 8.92 Å². The Morgan fingerprint density at radius 1 is 1.08 bits per heavy atom. The second kappa shape index (κ2) is 11.1. The van der Waals surface area contributed by atoms with Gasteiger partial charge in [-0.15, -0.1) is 0 Å². The van der Waals surface area contributed by atoms with Gasteiger partial charge in [0, 0.05) is 33.8 Å². The van der Waals surface area contributed by atoms with E-state index in [9.17, 15) is 23.3 Å². The van der Waals surface area contributed by atoms with E-state index in [1.54, 1.807) is 30.5 Å². The molecule has 0 fully saturated rings. The first-order chi connectivity index (χ1) is 17.7. The van der Waals surface area contributed by atoms with E-state index in [0.717, 1.165) is 29.7 Å². The number of rotatable bonds is 9. The zero-order valence-electron chi connectivity index (χ0n) is 18.8. The molecule has 0 radical (unpaired) electrons. The summed E-state index contributed by atoms with van der Waals surface area (Å²) in [6.45, 7) is -0.330. The minimum atomic E-state index is -4.30. The first kappa shape index (κ1) is 25.7. The molecule has 1 N–H and O–H groups in total. The number of aromatic nitrogens is 1. The summed E-state index contributed by atoms with van der Waals surface area (Å²) in [5.41, 5.74) is 2.90. The Morgan fingerprint density at radius 2 is 1.84 bits per heavy atom. The van der Waals surface area contributed by atoms with Gasteiger partial charge in [0.25, 0.3) is 11.6 Å². The predicted molar refractivity (Wildman–Crippen MR) is 138 cm³/mol. The average molecular weight is 585 g/mol. The fourth-order valence-electron chi connectivity index (χ4n) is 3.14. The Bertz CT molecular complexity index is 1600. The van der Waals surface area contributed by atoms with Crippen LogP contribution < -0.4 is 14.3 Å². The van der Waals surface area contributed by atoms with E-state index in [1.165, 1.54) is 18.3 Å². The molecule has 1 heterocycles. The summed E-state index contributed by atoms with van der Waals surface area (Å²) >= 11 is 3.29. The highest BCUT2D eigenvalue weighted by Gasteiger charge is 2.20. The van der Waals surface area contributed by atoms with Crippen LogP contribution in [0, 0.1) is 10.1 Å². The Hall–Kier alpha value is -4.36. The van der Waals surface area contributed by atoms with Crippen LogP contribution in [0.15, 0.2) is 93.5 Å². The van der Waals surface area contributed by atoms with Crippen LogP contribution in [0.2, 0.25) is 0 Å². The maximum absolute atomic E-state index is 12.7. The summed E-state index contributed by atoms with van der Waals surface area (Å²) < 4.78 is 36.7. The second-order valence-corrected chi connectivity index (χ2v) is 9.85. The summed E-state index contributed by atoms with van der Waals surface area (Å²) in [5, 5.41) is 15.5. The van der Waals surface area contributed by atoms with Crippen molar-refractivity contribution in [2.45, 2.75) is 4.90 Å². The normalized spacial score (nSPS) is 11.4. The van der Waals surface area contributed by atoms with E-state index < -0.39 is 20.9 Å². The number of nitrogens with one attached hydrogen (secondary N) is 1. The molecular formula is C24H17BrN4O7S. The van der Waals surface area contributed by atoms with Gasteiger partial charge in [-0.2, -0.15) is 13.5 Å². The first-order valence-electron chi connectivity index (χ1n) is 10.5. The minimum absolute atomic E-state index is 0.0716. The van der Waals surface area contributed by atoms with E-state index in [0.29, 0.717) is 15.7 Å². The van der Waals surface area contributed by atoms with E-state index >= 15 is 0 Å². The molecular weight excluding hydrogens is 568 g/mol. The van der Waals surface area contributed by atoms with Gasteiger partial charge in [-0.1, -0.05) is 34.1 Å². The van der Waals surface area contributed by atoms with E-state index in [-0.39, 0.29) is 28.5 Å². The number of carbonyl (C=O) groups is 1. The van der Waals surface area contributed by atoms with Crippen LogP contribution in [0.25, 0.3) is 10.9 Å². The van der Waals surface area contributed by atoms with Crippen LogP contribution in [-0.4, -0.2) is 37.1 Å². The third-order valence-electron chi connectivity index (χ3n) is 4.85. The number of amides is 1. The lowest BCUT2D eigenvalue weighted by Gasteiger charge is -2.10. The number of hydrogen-bond acceptors (Lipinski definition) is 9. The highest BCUT2D eigenvalue weighted by Crippen LogP contribution is 2.26. The molecule has 0 aliphatic rings. The first-order valence-corrected chi connectivity index (χ1v) is 12.7. The highest BCUT2D eigenvalue weighted by atomic mass is 79.9. The largest absolute Gasteiger partial charge is 0.481 e. The van der Waals surface area contributed by atoms with Gasteiger partial charge in [-0.3, -0.25) is 19.9 Å². The standard InChI is InChI=1S/C24H17BrN4O7S/c25-18-6-11-21(36-37(33,34)20-9-7-19(8-10-20)29(31)32)17(13-18)14-27-28-23(30)15-35-22-5-1-3-16-4-2-12-26-24(16)22/h1-14H,15H2,(H,28,30)/b27-14-. The number of nitro groups is 1. The number of carbonyl (C=O) groups excluding carboxylic acids is 1. The van der Waals surface area contributed by atoms with Crippen molar-refractivity contribution >= 4 is 54.8 Å². The molecule has 1 amide bonds. The molecule has 11 nitrogen and oxygen atoms in total. The van der Waals surface area contributed by atoms with Gasteiger partial charge in [0.05, 0.1) is 11.1 Å². The number of para-hydroxylation sites is 1. The molecule has 0 unspecified atom stereocenters. The fraction of sp³-hybridized carbons (Fsp3) is 0.0417. The van der Waals surface area contributed by atoms with E-state index in [1.807, 2.05) is 12.1 Å². The predicted octanol–water partition coefficient (Wildman–Crippen LogP) is 4.20. The SMILES string of the molecule is O=C(COc1cccc2cccnc12)N/N=C\c1cc(Br)ccc1OS(=O)(=O)c1ccc([N+](=O)[O-])cc1. The van der Waals surface area contributed by atoms with Crippen LogP contribution in [0.4, 0.5) is 5.69 Å². The van der Waals surface area contributed by atoms with Gasteiger partial charge in [0.15, 0.2) is 12.4 Å². The van der Waals surface area contributed by atoms with Crippen molar-refractivity contribution in [3.05, 3.63) is 99.1 Å². The van der Waals surface area contributed by atoms with Crippen LogP contribution in [-0.2, 0) is 14.9 Å². The Kier molecular flexibility index (Phi) is 7.74. The number of nitro benzene ring substituents is 1. The van der Waals surface area contributed by atoms with Gasteiger partial charge in [0.1, 0.15) is 16.2 Å². The molecule has 3 aromatic carbocycles. The minimum Gasteiger partial charge on any atom is -0.481 e. The zero-order valence-corrected chi connectivity index (χ0v) is 21.2. The molecule has 0 saturated heterocycles. The lowest BCUT2D eigenvalue weighted by atomic mass is 10.2. The van der Waals surface area contributed by atoms with Gasteiger partial charge in [0.2, 0.25) is 0 Å². The molecule has 188 valence electrons. The maximum Gasteiger partial charge on any atom is 0.339 e. The molecule has 4 aromatic rings. The Balaban J connectivity index is 1.43. The third-order valence-corrected chi connectivity index (χ3v) is 6.60. The molecule has 1 aromatic heterocycles. The summed E-state index contributed by atoms with van der Waals surface area (Å²) in [5.74, 6) is -0.186. The number of hydrogen-bond donors (Lipinski definition) is 1. The molecule has 0 spiro atoms. The zero-order chi connectivity index (χ0) is 26.4. The number of ether oxygens (including phenoxy) is 1. The van der Waals surface area contributed by atoms with Gasteiger partial charge in [-0.05, 0) is 42.5 Å². The average Bonchev–Trinajstić information content (AvgIpc) is 2.89. The number of nitrogens with zero attached hydrogens (tertiary/aromatic N) is 3. The molecule has 37 heavy (non-hydrogen) atoms. The topological polar surface area (TPSA) is 150 Å². The monoisotopic (exact) mass is 584 g/mol. The number of hydrazone groups is 1. The van der Waals surface area contributed by atoms with E-state index in [2.05, 4.69) is 31.4 Å². The highest BCUT2D eigenvalue weighted by molar-refractivity contribution is 9.10. The molecule has 0 aliphatic heterocycles. The molecule has 13 heteroatoms. The lowest BCUT2D eigenvalue weighted by molar-refractivity contribution is -0.384. The smallest absolute Gasteiger partial charge is 0.339 e. The third kappa shape index (κ3) is 6.45. The van der Waals surface area contributed by atoms with Crippen molar-refractivity contribution in [3.63, 3.8) is 0 Å². The fourth-order valence-corrected chi connectivity index (χ4v) is 4.47. The summed E-state index contributed by atoms with van der Waals surface area (Å²) in [7, 11) is -4.30. The molecule has 0 aliphatic carbocycles. The number of benzene rings is 3. The maximum atomic E-state index is 12.7. The summed E-state index contributed by atoms with van der Waals surface area (Å²) in [6.07, 6.45) is 2.84. The van der Waals surface area contributed by atoms with Crippen LogP contribution in [0.3, 0.4) is 0 Å². The van der Waals surface area contributed by atoms with Gasteiger partial charge in [-0.25, -0.2) is 5.43 Å². The lowest BCUT2D eigenvalue weighted by Crippen LogP contribution is -2.24. The number of pyridine rings is 1.